The highest BCUT2D eigenvalue weighted by molar-refractivity contribution is 5.52. The fourth-order valence-corrected chi connectivity index (χ4v) is 2.21. The average Bonchev–Trinajstić information content (AvgIpc) is 2.34. The number of rotatable bonds is 3. The Morgan fingerprint density at radius 2 is 2.41 bits per heavy atom. The van der Waals surface area contributed by atoms with Crippen LogP contribution in [0, 0.1) is 5.92 Å². The van der Waals surface area contributed by atoms with Crippen molar-refractivity contribution in [2.45, 2.75) is 26.4 Å². The number of anilines is 1. The predicted octanol–water partition coefficient (Wildman–Crippen LogP) is 1.69. The lowest BCUT2D eigenvalue weighted by molar-refractivity contribution is 0.0966. The quantitative estimate of drug-likeness (QED) is 0.867. The van der Waals surface area contributed by atoms with Gasteiger partial charge in [0.05, 0.1) is 12.7 Å². The van der Waals surface area contributed by atoms with Crippen LogP contribution in [-0.4, -0.2) is 35.9 Å². The van der Waals surface area contributed by atoms with Crippen molar-refractivity contribution in [3.05, 3.63) is 18.3 Å². The highest BCUT2D eigenvalue weighted by Crippen LogP contribution is 2.29. The van der Waals surface area contributed by atoms with E-state index in [4.69, 9.17) is 4.74 Å². The normalized spacial score (nSPS) is 24.8. The third-order valence-electron chi connectivity index (χ3n) is 3.21. The first-order chi connectivity index (χ1) is 8.22. The van der Waals surface area contributed by atoms with Crippen LogP contribution in [0.5, 0.6) is 5.75 Å². The van der Waals surface area contributed by atoms with E-state index in [1.54, 1.807) is 6.20 Å². The van der Waals surface area contributed by atoms with Crippen molar-refractivity contribution >= 4 is 5.82 Å². The highest BCUT2D eigenvalue weighted by atomic mass is 16.5. The fourth-order valence-electron chi connectivity index (χ4n) is 2.21. The number of nitrogens with zero attached hydrogens (tertiary/aromatic N) is 2. The molecule has 4 heteroatoms. The number of ether oxygens (including phenoxy) is 1. The fraction of sp³-hybridized carbons (Fsp3) is 0.615. The van der Waals surface area contributed by atoms with Crippen LogP contribution < -0.4 is 9.64 Å². The van der Waals surface area contributed by atoms with Crippen LogP contribution in [0.3, 0.4) is 0 Å². The lowest BCUT2D eigenvalue weighted by Crippen LogP contribution is -2.42. The zero-order chi connectivity index (χ0) is 12.3. The van der Waals surface area contributed by atoms with Gasteiger partial charge in [0.1, 0.15) is 0 Å². The minimum absolute atomic E-state index is 0.189. The summed E-state index contributed by atoms with van der Waals surface area (Å²) in [5.41, 5.74) is 0. The van der Waals surface area contributed by atoms with Gasteiger partial charge in [-0.05, 0) is 31.4 Å². The number of piperidine rings is 1. The van der Waals surface area contributed by atoms with Gasteiger partial charge in [0.2, 0.25) is 0 Å². The standard InChI is InChI=1S/C13H20N2O2/c1-3-17-12-5-4-7-14-13(12)15-8-6-11(16)10(2)9-15/h4-5,7,10-11,16H,3,6,8-9H2,1-2H3. The first-order valence-corrected chi connectivity index (χ1v) is 6.23. The van der Waals surface area contributed by atoms with Crippen LogP contribution in [-0.2, 0) is 0 Å². The van der Waals surface area contributed by atoms with Crippen LogP contribution in [0.4, 0.5) is 5.82 Å². The second-order valence-electron chi connectivity index (χ2n) is 4.54. The van der Waals surface area contributed by atoms with E-state index < -0.39 is 0 Å². The van der Waals surface area contributed by atoms with Crippen LogP contribution in [0.1, 0.15) is 20.3 Å². The van der Waals surface area contributed by atoms with Crippen molar-refractivity contribution in [2.24, 2.45) is 5.92 Å². The monoisotopic (exact) mass is 236 g/mol. The molecule has 1 aromatic rings. The lowest BCUT2D eigenvalue weighted by Gasteiger charge is -2.35. The SMILES string of the molecule is CCOc1cccnc1N1CCC(O)C(C)C1. The molecule has 0 saturated carbocycles. The molecule has 2 atom stereocenters. The van der Waals surface area contributed by atoms with Gasteiger partial charge in [0, 0.05) is 19.3 Å². The number of aromatic nitrogens is 1. The molecule has 94 valence electrons. The molecule has 2 heterocycles. The topological polar surface area (TPSA) is 45.6 Å². The molecular formula is C13H20N2O2. The maximum atomic E-state index is 9.74. The zero-order valence-electron chi connectivity index (χ0n) is 10.5. The Bertz CT molecular complexity index is 370. The Morgan fingerprint density at radius 1 is 1.59 bits per heavy atom. The van der Waals surface area contributed by atoms with Gasteiger partial charge in [0.15, 0.2) is 11.6 Å². The summed E-state index contributed by atoms with van der Waals surface area (Å²) in [6.45, 7) is 6.35. The van der Waals surface area contributed by atoms with Crippen molar-refractivity contribution in [3.63, 3.8) is 0 Å². The molecule has 1 saturated heterocycles. The number of pyridine rings is 1. The highest BCUT2D eigenvalue weighted by Gasteiger charge is 2.26. The molecular weight excluding hydrogens is 216 g/mol. The maximum Gasteiger partial charge on any atom is 0.171 e. The summed E-state index contributed by atoms with van der Waals surface area (Å²) < 4.78 is 5.59. The molecule has 1 fully saturated rings. The van der Waals surface area contributed by atoms with Gasteiger partial charge < -0.3 is 14.7 Å². The smallest absolute Gasteiger partial charge is 0.171 e. The number of aliphatic hydroxyl groups is 1. The van der Waals surface area contributed by atoms with E-state index in [1.165, 1.54) is 0 Å². The summed E-state index contributed by atoms with van der Waals surface area (Å²) in [7, 11) is 0. The summed E-state index contributed by atoms with van der Waals surface area (Å²) >= 11 is 0. The van der Waals surface area contributed by atoms with E-state index in [0.717, 1.165) is 31.1 Å². The number of aliphatic hydroxyl groups excluding tert-OH is 1. The van der Waals surface area contributed by atoms with Crippen molar-refractivity contribution in [1.29, 1.82) is 0 Å². The van der Waals surface area contributed by atoms with Gasteiger partial charge in [-0.1, -0.05) is 6.92 Å². The van der Waals surface area contributed by atoms with E-state index in [-0.39, 0.29) is 12.0 Å². The molecule has 1 N–H and O–H groups in total. The van der Waals surface area contributed by atoms with Crippen molar-refractivity contribution in [2.75, 3.05) is 24.6 Å². The molecule has 1 aromatic heterocycles. The van der Waals surface area contributed by atoms with Crippen molar-refractivity contribution < 1.29 is 9.84 Å². The first kappa shape index (κ1) is 12.2. The van der Waals surface area contributed by atoms with Gasteiger partial charge in [0.25, 0.3) is 0 Å². The van der Waals surface area contributed by atoms with Gasteiger partial charge in [-0.2, -0.15) is 0 Å². The molecule has 1 aliphatic heterocycles. The maximum absolute atomic E-state index is 9.74. The Labute approximate surface area is 102 Å². The molecule has 2 rings (SSSR count). The van der Waals surface area contributed by atoms with E-state index >= 15 is 0 Å². The number of hydrogen-bond donors (Lipinski definition) is 1. The second-order valence-corrected chi connectivity index (χ2v) is 4.54. The summed E-state index contributed by atoms with van der Waals surface area (Å²) in [5, 5.41) is 9.74. The first-order valence-electron chi connectivity index (χ1n) is 6.23. The lowest BCUT2D eigenvalue weighted by atomic mass is 9.97. The Hall–Kier alpha value is -1.29. The zero-order valence-corrected chi connectivity index (χ0v) is 10.5. The Kier molecular flexibility index (Phi) is 3.84. The summed E-state index contributed by atoms with van der Waals surface area (Å²) in [6, 6.07) is 3.83. The number of hydrogen-bond acceptors (Lipinski definition) is 4. The van der Waals surface area contributed by atoms with Gasteiger partial charge in [-0.3, -0.25) is 0 Å². The van der Waals surface area contributed by atoms with E-state index in [9.17, 15) is 5.11 Å². The summed E-state index contributed by atoms with van der Waals surface area (Å²) in [6.07, 6.45) is 2.39. The van der Waals surface area contributed by atoms with Crippen LogP contribution >= 0.6 is 0 Å². The van der Waals surface area contributed by atoms with Crippen LogP contribution in [0.25, 0.3) is 0 Å². The molecule has 0 spiro atoms. The van der Waals surface area contributed by atoms with Crippen molar-refractivity contribution in [3.8, 4) is 5.75 Å². The van der Waals surface area contributed by atoms with Crippen LogP contribution in [0.2, 0.25) is 0 Å². The molecule has 0 radical (unpaired) electrons. The third kappa shape index (κ3) is 2.69. The van der Waals surface area contributed by atoms with Crippen molar-refractivity contribution in [1.82, 2.24) is 4.98 Å². The summed E-state index contributed by atoms with van der Waals surface area (Å²) in [5.74, 6) is 2.01. The second kappa shape index (κ2) is 5.36. The molecule has 0 bridgehead atoms. The van der Waals surface area contributed by atoms with E-state index in [0.29, 0.717) is 6.61 Å². The molecule has 4 nitrogen and oxygen atoms in total. The molecule has 0 aliphatic carbocycles. The molecule has 17 heavy (non-hydrogen) atoms. The van der Waals surface area contributed by atoms with Gasteiger partial charge in [-0.25, -0.2) is 4.98 Å². The third-order valence-corrected chi connectivity index (χ3v) is 3.21. The molecule has 0 aromatic carbocycles. The largest absolute Gasteiger partial charge is 0.490 e. The van der Waals surface area contributed by atoms with Gasteiger partial charge >= 0.3 is 0 Å². The predicted molar refractivity (Wildman–Crippen MR) is 67.4 cm³/mol. The Morgan fingerprint density at radius 3 is 3.12 bits per heavy atom. The minimum atomic E-state index is -0.189. The van der Waals surface area contributed by atoms with Crippen LogP contribution in [0.15, 0.2) is 18.3 Å². The minimum Gasteiger partial charge on any atom is -0.490 e. The van der Waals surface area contributed by atoms with Gasteiger partial charge in [-0.15, -0.1) is 0 Å². The molecule has 2 unspecified atom stereocenters. The average molecular weight is 236 g/mol. The Balaban J connectivity index is 2.16. The van der Waals surface area contributed by atoms with E-state index in [2.05, 4.69) is 16.8 Å². The molecule has 1 aliphatic rings. The van der Waals surface area contributed by atoms with E-state index in [1.807, 2.05) is 19.1 Å². The molecule has 0 amide bonds. The summed E-state index contributed by atoms with van der Waals surface area (Å²) in [4.78, 5) is 6.60.